The second-order valence-corrected chi connectivity index (χ2v) is 10.1. The lowest BCUT2D eigenvalue weighted by molar-refractivity contribution is 0.669. The normalized spacial score (nSPS) is 12.9. The number of fused-ring (bicyclic) bond motifs is 3. The zero-order valence-electron chi connectivity index (χ0n) is 27.8. The van der Waals surface area contributed by atoms with Gasteiger partial charge < -0.3 is 4.42 Å². The minimum Gasteiger partial charge on any atom is -0.456 e. The maximum absolute atomic E-state index is 8.57. The molecule has 0 fully saturated rings. The van der Waals surface area contributed by atoms with Gasteiger partial charge in [0.05, 0.1) is 6.85 Å². The first kappa shape index (κ1) is 20.1. The minimum atomic E-state index is -0.429. The molecule has 0 aliphatic carbocycles. The van der Waals surface area contributed by atoms with Gasteiger partial charge in [-0.05, 0) is 40.5 Å². The van der Waals surface area contributed by atoms with Crippen LogP contribution in [0.5, 0.6) is 0 Å². The summed E-state index contributed by atoms with van der Waals surface area (Å²) in [6, 6.07) is 37.4. The van der Waals surface area contributed by atoms with E-state index in [1.165, 1.54) is 0 Å². The maximum atomic E-state index is 8.57. The highest BCUT2D eigenvalue weighted by molar-refractivity contribution is 6.12. The van der Waals surface area contributed by atoms with E-state index in [9.17, 15) is 0 Å². The topological polar surface area (TPSA) is 51.8 Å². The summed E-state index contributed by atoms with van der Waals surface area (Å²) in [6.07, 6.45) is 0. The number of hydrogen-bond acceptors (Lipinski definition) is 4. The van der Waals surface area contributed by atoms with Crippen LogP contribution in [0.3, 0.4) is 0 Å². The van der Waals surface area contributed by atoms with Crippen molar-refractivity contribution in [1.82, 2.24) is 15.0 Å². The molecule has 0 unspecified atom stereocenters. The molecule has 8 rings (SSSR count). The summed E-state index contributed by atoms with van der Waals surface area (Å²) >= 11 is 0. The fraction of sp³-hybridized carbons (Fsp3) is 0. The molecule has 4 nitrogen and oxygen atoms in total. The van der Waals surface area contributed by atoms with Crippen molar-refractivity contribution in [3.05, 3.63) is 152 Å². The van der Waals surface area contributed by atoms with Crippen LogP contribution < -0.4 is 0 Å². The highest BCUT2D eigenvalue weighted by Gasteiger charge is 2.16. The summed E-state index contributed by atoms with van der Waals surface area (Å²) in [7, 11) is 0. The third-order valence-corrected chi connectivity index (χ3v) is 7.44. The molecule has 0 N–H and O–H groups in total. The van der Waals surface area contributed by atoms with Gasteiger partial charge in [0.1, 0.15) is 11.2 Å². The molecule has 0 radical (unpaired) electrons. The van der Waals surface area contributed by atoms with Crippen LogP contribution >= 0.6 is 0 Å². The maximum Gasteiger partial charge on any atom is 0.164 e. The van der Waals surface area contributed by atoms with E-state index in [0.29, 0.717) is 45.2 Å². The summed E-state index contributed by atoms with van der Waals surface area (Å²) < 4.78 is 47.9. The summed E-state index contributed by atoms with van der Waals surface area (Å²) in [5.41, 5.74) is 6.36. The molecule has 0 atom stereocenters. The molecule has 2 aromatic heterocycles. The Morgan fingerprint density at radius 2 is 1.00 bits per heavy atom. The van der Waals surface area contributed by atoms with Crippen LogP contribution in [0.4, 0.5) is 0 Å². The van der Waals surface area contributed by atoms with Crippen LogP contribution in [-0.2, 0) is 0 Å². The molecule has 43 heavy (non-hydrogen) atoms. The van der Waals surface area contributed by atoms with Gasteiger partial charge in [-0.25, -0.2) is 15.0 Å². The fourth-order valence-corrected chi connectivity index (χ4v) is 5.35. The van der Waals surface area contributed by atoms with Gasteiger partial charge in [0, 0.05) is 27.5 Å². The second-order valence-electron chi connectivity index (χ2n) is 10.1. The van der Waals surface area contributed by atoms with Gasteiger partial charge in [0.15, 0.2) is 17.5 Å². The smallest absolute Gasteiger partial charge is 0.164 e. The Kier molecular flexibility index (Phi) is 4.91. The standard InChI is InChI=1S/C39H25N3O/c1-4-11-26(12-5-1)27-19-21-30(22-20-27)38-40-37(29-15-8-3-9-16-29)41-39(42-38)31-23-24-33-35(25-31)43-34-18-10-17-32(36(33)34)28-13-6-2-7-14-28/h1-25H/i2D,6D,7D,13D,14D. The van der Waals surface area contributed by atoms with Crippen molar-refractivity contribution in [3.8, 4) is 56.4 Å². The Labute approximate surface area is 256 Å². The van der Waals surface area contributed by atoms with E-state index in [1.807, 2.05) is 84.9 Å². The van der Waals surface area contributed by atoms with Gasteiger partial charge in [-0.1, -0.05) is 133 Å². The van der Waals surface area contributed by atoms with Gasteiger partial charge >= 0.3 is 0 Å². The Hall–Kier alpha value is -5.87. The number of aromatic nitrogens is 3. The van der Waals surface area contributed by atoms with Crippen molar-refractivity contribution in [2.45, 2.75) is 0 Å². The highest BCUT2D eigenvalue weighted by Crippen LogP contribution is 2.38. The monoisotopic (exact) mass is 556 g/mol. The Balaban J connectivity index is 1.27. The molecule has 8 aromatic rings. The Morgan fingerprint density at radius 3 is 1.70 bits per heavy atom. The molecule has 6 aromatic carbocycles. The van der Waals surface area contributed by atoms with Crippen molar-refractivity contribution in [2.75, 3.05) is 0 Å². The number of nitrogens with zero attached hydrogens (tertiary/aromatic N) is 3. The molecular formula is C39H25N3O. The number of rotatable bonds is 5. The molecule has 0 bridgehead atoms. The van der Waals surface area contributed by atoms with Crippen molar-refractivity contribution >= 4 is 21.9 Å². The zero-order valence-corrected chi connectivity index (χ0v) is 22.8. The molecule has 2 heterocycles. The third kappa shape index (κ3) is 4.65. The van der Waals surface area contributed by atoms with Gasteiger partial charge in [0.25, 0.3) is 0 Å². The number of hydrogen-bond donors (Lipinski definition) is 0. The SMILES string of the molecule is [2H]c1c([2H])c([2H])c(-c2cccc3oc4cc(-c5nc(-c6ccccc6)nc(-c6ccc(-c7ccccc7)cc6)n5)ccc4c23)c([2H])c1[2H]. The first-order valence-corrected chi connectivity index (χ1v) is 13.9. The number of furan rings is 1. The van der Waals surface area contributed by atoms with E-state index in [4.69, 9.17) is 26.2 Å². The summed E-state index contributed by atoms with van der Waals surface area (Å²) in [5, 5.41) is 1.41. The second kappa shape index (κ2) is 10.5. The Morgan fingerprint density at radius 1 is 0.442 bits per heavy atom. The van der Waals surface area contributed by atoms with E-state index >= 15 is 0 Å². The van der Waals surface area contributed by atoms with Crippen LogP contribution in [0.15, 0.2) is 156 Å². The predicted molar refractivity (Wildman–Crippen MR) is 174 cm³/mol. The van der Waals surface area contributed by atoms with E-state index in [1.54, 1.807) is 12.1 Å². The average Bonchev–Trinajstić information content (AvgIpc) is 3.52. The van der Waals surface area contributed by atoms with Gasteiger partial charge in [-0.2, -0.15) is 0 Å². The Bertz CT molecular complexity index is 2470. The van der Waals surface area contributed by atoms with Crippen molar-refractivity contribution in [3.63, 3.8) is 0 Å². The van der Waals surface area contributed by atoms with Crippen LogP contribution in [0.2, 0.25) is 0 Å². The largest absolute Gasteiger partial charge is 0.456 e. The van der Waals surface area contributed by atoms with Gasteiger partial charge in [0.2, 0.25) is 0 Å². The zero-order chi connectivity index (χ0) is 32.9. The van der Waals surface area contributed by atoms with Gasteiger partial charge in [-0.3, -0.25) is 0 Å². The fourth-order valence-electron chi connectivity index (χ4n) is 5.35. The quantitative estimate of drug-likeness (QED) is 0.212. The molecule has 0 aliphatic heterocycles. The summed E-state index contributed by atoms with van der Waals surface area (Å²) in [4.78, 5) is 14.6. The molecule has 0 aliphatic rings. The van der Waals surface area contributed by atoms with E-state index in [2.05, 4.69) is 24.3 Å². The van der Waals surface area contributed by atoms with E-state index in [-0.39, 0.29) is 29.7 Å². The summed E-state index contributed by atoms with van der Waals surface area (Å²) in [5.74, 6) is 1.54. The lowest BCUT2D eigenvalue weighted by atomic mass is 9.99. The van der Waals surface area contributed by atoms with Crippen LogP contribution in [-0.4, -0.2) is 15.0 Å². The molecule has 0 saturated carbocycles. The average molecular weight is 557 g/mol. The minimum absolute atomic E-state index is 0.131. The van der Waals surface area contributed by atoms with Crippen molar-refractivity contribution < 1.29 is 11.3 Å². The predicted octanol–water partition coefficient (Wildman–Crippen LogP) is 10.1. The molecule has 202 valence electrons. The van der Waals surface area contributed by atoms with Crippen molar-refractivity contribution in [2.24, 2.45) is 0 Å². The first-order chi connectivity index (χ1) is 23.4. The molecule has 0 amide bonds. The summed E-state index contributed by atoms with van der Waals surface area (Å²) in [6.45, 7) is 0. The van der Waals surface area contributed by atoms with Crippen LogP contribution in [0.1, 0.15) is 6.85 Å². The van der Waals surface area contributed by atoms with Crippen molar-refractivity contribution in [1.29, 1.82) is 0 Å². The molecule has 0 spiro atoms. The number of benzene rings is 6. The highest BCUT2D eigenvalue weighted by atomic mass is 16.3. The molecule has 4 heteroatoms. The first-order valence-electron chi connectivity index (χ1n) is 16.4. The lowest BCUT2D eigenvalue weighted by Gasteiger charge is -2.09. The van der Waals surface area contributed by atoms with Crippen LogP contribution in [0.25, 0.3) is 78.4 Å². The molecular weight excluding hydrogens is 526 g/mol. The van der Waals surface area contributed by atoms with E-state index in [0.717, 1.165) is 27.6 Å². The van der Waals surface area contributed by atoms with Crippen LogP contribution in [0, 0.1) is 0 Å². The molecule has 0 saturated heterocycles. The van der Waals surface area contributed by atoms with Gasteiger partial charge in [-0.15, -0.1) is 0 Å². The van der Waals surface area contributed by atoms with E-state index < -0.39 is 6.04 Å². The third-order valence-electron chi connectivity index (χ3n) is 7.44. The lowest BCUT2D eigenvalue weighted by Crippen LogP contribution is -2.00.